The largest absolute Gasteiger partial charge is 1.00 e. The zero-order chi connectivity index (χ0) is 27.2. The minimum atomic E-state index is -0.833. The average Bonchev–Trinajstić information content (AvgIpc) is 3.53. The van der Waals surface area contributed by atoms with Gasteiger partial charge in [-0.15, -0.1) is 5.52 Å². The van der Waals surface area contributed by atoms with Gasteiger partial charge in [0.15, 0.2) is 5.17 Å². The van der Waals surface area contributed by atoms with Gasteiger partial charge in [-0.2, -0.15) is 6.20 Å². The Morgan fingerprint density at radius 2 is 1.68 bits per heavy atom. The monoisotopic (exact) mass is 557 g/mol. The number of carboxylic acid groups (broad SMARTS) is 1. The number of hydrogen-bond acceptors (Lipinski definition) is 5. The van der Waals surface area contributed by atoms with Gasteiger partial charge >= 0.3 is 29.6 Å². The topological polar surface area (TPSA) is 102 Å². The van der Waals surface area contributed by atoms with Crippen LogP contribution >= 0.6 is 11.8 Å². The normalized spacial score (nSPS) is 14.5. The van der Waals surface area contributed by atoms with Crippen molar-refractivity contribution in [3.8, 4) is 5.75 Å². The summed E-state index contributed by atoms with van der Waals surface area (Å²) in [5, 5.41) is 14.0. The summed E-state index contributed by atoms with van der Waals surface area (Å²) in [6.07, 6.45) is 3.65. The van der Waals surface area contributed by atoms with E-state index in [1.54, 1.807) is 6.20 Å². The van der Waals surface area contributed by atoms with Gasteiger partial charge in [0.2, 0.25) is 0 Å². The zero-order valence-electron chi connectivity index (χ0n) is 22.0. The van der Waals surface area contributed by atoms with Crippen molar-refractivity contribution in [2.24, 2.45) is 4.99 Å². The molecule has 2 N–H and O–H groups in total. The van der Waals surface area contributed by atoms with Crippen LogP contribution in [-0.2, 0) is 16.2 Å². The van der Waals surface area contributed by atoms with Gasteiger partial charge in [-0.1, -0.05) is 66.7 Å². The number of amidine groups is 1. The number of ether oxygens (including phenoxy) is 1. The maximum atomic E-state index is 12.8. The summed E-state index contributed by atoms with van der Waals surface area (Å²) in [6.45, 7) is 1.53. The fraction of sp³-hybridized carbons (Fsp3) is 0.0645. The van der Waals surface area contributed by atoms with Gasteiger partial charge in [0.25, 0.3) is 11.9 Å². The SMILES string of the molecule is CC(=O)O.O=C1NC(=Nc2ccc3[n-]ccc3c2)SC1=Cc1cc2ccccc2cc1OCc1ccccc1.[Na+]. The van der Waals surface area contributed by atoms with E-state index in [2.05, 4.69) is 33.5 Å². The zero-order valence-corrected chi connectivity index (χ0v) is 24.8. The van der Waals surface area contributed by atoms with E-state index in [-0.39, 0.29) is 35.5 Å². The van der Waals surface area contributed by atoms with Crippen molar-refractivity contribution in [3.63, 3.8) is 0 Å². The van der Waals surface area contributed by atoms with E-state index in [0.717, 1.165) is 51.2 Å². The van der Waals surface area contributed by atoms with E-state index in [1.165, 1.54) is 11.8 Å². The molecule has 7 nitrogen and oxygen atoms in total. The number of carboxylic acids is 1. The Kier molecular flexibility index (Phi) is 9.84. The van der Waals surface area contributed by atoms with Gasteiger partial charge in [0.05, 0.1) is 10.6 Å². The molecule has 0 atom stereocenters. The van der Waals surface area contributed by atoms with Gasteiger partial charge in [0, 0.05) is 12.5 Å². The van der Waals surface area contributed by atoms with Crippen LogP contribution in [0, 0.1) is 0 Å². The van der Waals surface area contributed by atoms with Crippen molar-refractivity contribution in [3.05, 3.63) is 113 Å². The summed E-state index contributed by atoms with van der Waals surface area (Å²) < 4.78 is 6.21. The Morgan fingerprint density at radius 1 is 0.975 bits per heavy atom. The molecule has 1 aliphatic heterocycles. The van der Waals surface area contributed by atoms with E-state index in [9.17, 15) is 4.79 Å². The molecule has 0 aliphatic carbocycles. The maximum absolute atomic E-state index is 12.8. The second-order valence-corrected chi connectivity index (χ2v) is 9.73. The summed E-state index contributed by atoms with van der Waals surface area (Å²) in [6, 6.07) is 30.0. The molecule has 2 heterocycles. The minimum absolute atomic E-state index is 0. The molecule has 6 rings (SSSR count). The predicted octanol–water partition coefficient (Wildman–Crippen LogP) is 3.52. The molecule has 5 aromatic rings. The Labute approximate surface area is 257 Å². The number of aromatic nitrogens is 1. The van der Waals surface area contributed by atoms with Crippen LogP contribution in [0.25, 0.3) is 27.8 Å². The van der Waals surface area contributed by atoms with Gasteiger partial charge < -0.3 is 20.1 Å². The van der Waals surface area contributed by atoms with Crippen molar-refractivity contribution in [2.75, 3.05) is 0 Å². The van der Waals surface area contributed by atoms with Crippen molar-refractivity contribution >= 4 is 62.2 Å². The van der Waals surface area contributed by atoms with Crippen molar-refractivity contribution in [2.45, 2.75) is 13.5 Å². The second kappa shape index (κ2) is 13.5. The first-order valence-corrected chi connectivity index (χ1v) is 13.0. The van der Waals surface area contributed by atoms with E-state index in [1.807, 2.05) is 78.9 Å². The number of benzene rings is 4. The molecule has 0 radical (unpaired) electrons. The van der Waals surface area contributed by atoms with Crippen LogP contribution in [0.1, 0.15) is 18.1 Å². The first-order valence-electron chi connectivity index (χ1n) is 12.1. The smallest absolute Gasteiger partial charge is 0.664 e. The minimum Gasteiger partial charge on any atom is -0.664 e. The van der Waals surface area contributed by atoms with Crippen LogP contribution in [0.15, 0.2) is 107 Å². The molecule has 0 unspecified atom stereocenters. The van der Waals surface area contributed by atoms with E-state index in [0.29, 0.717) is 16.7 Å². The van der Waals surface area contributed by atoms with Gasteiger partial charge in [-0.3, -0.25) is 9.59 Å². The summed E-state index contributed by atoms with van der Waals surface area (Å²) in [4.78, 5) is 31.3. The van der Waals surface area contributed by atoms with Crippen molar-refractivity contribution < 1.29 is 49.0 Å². The molecule has 4 aromatic carbocycles. The van der Waals surface area contributed by atoms with Crippen LogP contribution in [0.2, 0.25) is 0 Å². The van der Waals surface area contributed by atoms with Gasteiger partial charge in [0.1, 0.15) is 12.4 Å². The first kappa shape index (κ1) is 29.2. The Bertz CT molecular complexity index is 1730. The molecule has 0 spiro atoms. The van der Waals surface area contributed by atoms with E-state index >= 15 is 0 Å². The number of amides is 1. The third kappa shape index (κ3) is 7.43. The summed E-state index contributed by atoms with van der Waals surface area (Å²) in [7, 11) is 0. The first-order chi connectivity index (χ1) is 18.9. The average molecular weight is 558 g/mol. The number of thioether (sulfide) groups is 1. The molecule has 0 bridgehead atoms. The van der Waals surface area contributed by atoms with Crippen molar-refractivity contribution in [1.29, 1.82) is 0 Å². The standard InChI is InChI=1S/C29H20N3O2S.C2H4O2.Na/c33-28-27(35-29(32-28)31-24-10-11-25-22(15-24)12-13-30-25)17-23-14-20-8-4-5-9-21(20)16-26(23)34-18-19-6-2-1-3-7-19;1-2(3)4;/h1-17H,18H2,(H,31,32,33);1H3,(H,3,4);/q-1;;+1. The fourth-order valence-electron chi connectivity index (χ4n) is 4.01. The molecule has 0 saturated carbocycles. The molecule has 1 fully saturated rings. The number of hydrogen-bond donors (Lipinski definition) is 2. The van der Waals surface area contributed by atoms with Crippen LogP contribution < -0.4 is 44.6 Å². The number of carbonyl (C=O) groups excluding carboxylic acids is 1. The molecule has 1 saturated heterocycles. The van der Waals surface area contributed by atoms with E-state index < -0.39 is 5.97 Å². The molecule has 194 valence electrons. The number of fused-ring (bicyclic) bond motifs is 2. The molecule has 1 aromatic heterocycles. The Balaban J connectivity index is 0.000000695. The third-order valence-corrected chi connectivity index (χ3v) is 6.67. The van der Waals surface area contributed by atoms with Crippen LogP contribution in [0.4, 0.5) is 5.69 Å². The second-order valence-electron chi connectivity index (χ2n) is 8.70. The molecule has 1 aliphatic rings. The molecular formula is C31H24N3NaO4S. The third-order valence-electron chi connectivity index (χ3n) is 5.76. The summed E-state index contributed by atoms with van der Waals surface area (Å²) in [5.41, 5.74) is 3.63. The summed E-state index contributed by atoms with van der Waals surface area (Å²) >= 11 is 1.32. The number of aliphatic imine (C=N–C) groups is 1. The van der Waals surface area contributed by atoms with Crippen LogP contribution in [-0.4, -0.2) is 22.2 Å². The Hall–Kier alpha value is -3.82. The quantitative estimate of drug-likeness (QED) is 0.253. The molecular weight excluding hydrogens is 533 g/mol. The molecule has 9 heteroatoms. The van der Waals surface area contributed by atoms with Gasteiger partial charge in [-0.05, 0) is 63.8 Å². The number of nitrogens with zero attached hydrogens (tertiary/aromatic N) is 2. The fourth-order valence-corrected chi connectivity index (χ4v) is 4.84. The number of rotatable bonds is 5. The number of aliphatic carboxylic acids is 1. The van der Waals surface area contributed by atoms with Crippen LogP contribution in [0.5, 0.6) is 5.75 Å². The Morgan fingerprint density at radius 3 is 2.42 bits per heavy atom. The maximum Gasteiger partial charge on any atom is 1.00 e. The summed E-state index contributed by atoms with van der Waals surface area (Å²) in [5.74, 6) is -0.278. The molecule has 1 amide bonds. The predicted molar refractivity (Wildman–Crippen MR) is 156 cm³/mol. The molecule has 40 heavy (non-hydrogen) atoms. The van der Waals surface area contributed by atoms with Crippen molar-refractivity contribution in [1.82, 2.24) is 10.3 Å². The van der Waals surface area contributed by atoms with E-state index in [4.69, 9.17) is 14.6 Å². The number of carbonyl (C=O) groups is 2. The van der Waals surface area contributed by atoms with Crippen LogP contribution in [0.3, 0.4) is 0 Å². The number of nitrogens with one attached hydrogen (secondary N) is 1. The van der Waals surface area contributed by atoms with Gasteiger partial charge in [-0.25, -0.2) is 4.99 Å².